The van der Waals surface area contributed by atoms with Gasteiger partial charge in [0.15, 0.2) is 0 Å². The van der Waals surface area contributed by atoms with Crippen LogP contribution in [0.5, 0.6) is 5.75 Å². The first kappa shape index (κ1) is 14.5. The molecule has 0 fully saturated rings. The van der Waals surface area contributed by atoms with Gasteiger partial charge in [0, 0.05) is 17.8 Å². The summed E-state index contributed by atoms with van der Waals surface area (Å²) in [5.74, 6) is 0.708. The number of aromatic nitrogens is 1. The summed E-state index contributed by atoms with van der Waals surface area (Å²) >= 11 is 0. The molecule has 1 aromatic carbocycles. The molecule has 0 aliphatic heterocycles. The van der Waals surface area contributed by atoms with Crippen molar-refractivity contribution in [3.8, 4) is 5.75 Å². The van der Waals surface area contributed by atoms with E-state index in [1.54, 1.807) is 13.3 Å². The van der Waals surface area contributed by atoms with E-state index in [-0.39, 0.29) is 5.92 Å². The van der Waals surface area contributed by atoms with Crippen LogP contribution >= 0.6 is 0 Å². The predicted octanol–water partition coefficient (Wildman–Crippen LogP) is 3.49. The summed E-state index contributed by atoms with van der Waals surface area (Å²) in [5, 5.41) is 11.1. The normalized spacial score (nSPS) is 15.4. The van der Waals surface area contributed by atoms with E-state index in [2.05, 4.69) is 4.98 Å². The fraction of sp³-hybridized carbons (Fsp3) is 0.353. The van der Waals surface area contributed by atoms with Crippen LogP contribution in [0.15, 0.2) is 48.7 Å². The van der Waals surface area contributed by atoms with Gasteiger partial charge in [-0.25, -0.2) is 0 Å². The van der Waals surface area contributed by atoms with E-state index in [1.807, 2.05) is 56.3 Å². The Morgan fingerprint density at radius 1 is 1.20 bits per heavy atom. The van der Waals surface area contributed by atoms with Gasteiger partial charge < -0.3 is 9.84 Å². The number of nitrogens with zero attached hydrogens (tertiary/aromatic N) is 1. The Kier molecular flexibility index (Phi) is 4.40. The molecule has 0 amide bonds. The third-order valence-electron chi connectivity index (χ3n) is 3.98. The average Bonchev–Trinajstić information content (AvgIpc) is 2.54. The van der Waals surface area contributed by atoms with E-state index < -0.39 is 5.60 Å². The van der Waals surface area contributed by atoms with E-state index >= 15 is 0 Å². The second-order valence-corrected chi connectivity index (χ2v) is 4.98. The van der Waals surface area contributed by atoms with E-state index in [9.17, 15) is 5.11 Å². The third-order valence-corrected chi connectivity index (χ3v) is 3.98. The summed E-state index contributed by atoms with van der Waals surface area (Å²) in [6.45, 7) is 4.00. The molecule has 2 rings (SSSR count). The number of pyridine rings is 1. The molecule has 2 atom stereocenters. The smallest absolute Gasteiger partial charge is 0.118 e. The summed E-state index contributed by atoms with van der Waals surface area (Å²) in [4.78, 5) is 4.37. The maximum atomic E-state index is 11.1. The highest BCUT2D eigenvalue weighted by Gasteiger charge is 2.35. The number of benzene rings is 1. The van der Waals surface area contributed by atoms with Crippen molar-refractivity contribution in [2.75, 3.05) is 7.11 Å². The molecule has 3 heteroatoms. The zero-order valence-corrected chi connectivity index (χ0v) is 12.2. The Morgan fingerprint density at radius 3 is 2.40 bits per heavy atom. The van der Waals surface area contributed by atoms with Crippen LogP contribution < -0.4 is 4.74 Å². The van der Waals surface area contributed by atoms with Gasteiger partial charge in [-0.15, -0.1) is 0 Å². The Morgan fingerprint density at radius 2 is 1.90 bits per heavy atom. The zero-order valence-electron chi connectivity index (χ0n) is 12.2. The lowest BCUT2D eigenvalue weighted by molar-refractivity contribution is 0.00723. The minimum Gasteiger partial charge on any atom is -0.497 e. The van der Waals surface area contributed by atoms with Crippen LogP contribution in [0.2, 0.25) is 0 Å². The molecule has 0 unspecified atom stereocenters. The maximum absolute atomic E-state index is 11.1. The summed E-state index contributed by atoms with van der Waals surface area (Å²) in [6.07, 6.45) is 2.38. The Hall–Kier alpha value is -1.87. The van der Waals surface area contributed by atoms with Gasteiger partial charge >= 0.3 is 0 Å². The van der Waals surface area contributed by atoms with Crippen molar-refractivity contribution in [1.82, 2.24) is 4.98 Å². The number of hydrogen-bond donors (Lipinski definition) is 1. The molecule has 1 N–H and O–H groups in total. The van der Waals surface area contributed by atoms with Gasteiger partial charge in [0.1, 0.15) is 5.75 Å². The van der Waals surface area contributed by atoms with Crippen LogP contribution in [0, 0.1) is 0 Å². The molecule has 0 spiro atoms. The Labute approximate surface area is 120 Å². The molecule has 1 aromatic heterocycles. The van der Waals surface area contributed by atoms with Crippen molar-refractivity contribution >= 4 is 0 Å². The number of ether oxygens (including phenoxy) is 1. The van der Waals surface area contributed by atoms with E-state index in [1.165, 1.54) is 0 Å². The van der Waals surface area contributed by atoms with Crippen LogP contribution in [0.3, 0.4) is 0 Å². The molecule has 1 heterocycles. The molecule has 0 bridgehead atoms. The quantitative estimate of drug-likeness (QED) is 0.905. The molecule has 0 aliphatic rings. The Bertz CT molecular complexity index is 539. The Balaban J connectivity index is 2.36. The maximum Gasteiger partial charge on any atom is 0.118 e. The molecular weight excluding hydrogens is 250 g/mol. The SMILES string of the molecule is CC[C@@](O)(c1ccc(OC)cc1)[C@@H](C)c1ccccn1. The first-order valence-electron chi connectivity index (χ1n) is 6.89. The lowest BCUT2D eigenvalue weighted by atomic mass is 9.78. The van der Waals surface area contributed by atoms with Gasteiger partial charge in [0.2, 0.25) is 0 Å². The number of aliphatic hydroxyl groups is 1. The summed E-state index contributed by atoms with van der Waals surface area (Å²) in [6, 6.07) is 13.4. The third kappa shape index (κ3) is 2.68. The highest BCUT2D eigenvalue weighted by molar-refractivity contribution is 5.33. The predicted molar refractivity (Wildman–Crippen MR) is 79.8 cm³/mol. The minimum atomic E-state index is -0.930. The monoisotopic (exact) mass is 271 g/mol. The molecule has 0 saturated heterocycles. The van der Waals surface area contributed by atoms with Gasteiger partial charge in [-0.1, -0.05) is 32.0 Å². The van der Waals surface area contributed by atoms with Crippen LogP contribution in [0.4, 0.5) is 0 Å². The molecule has 2 aromatic rings. The topological polar surface area (TPSA) is 42.4 Å². The van der Waals surface area contributed by atoms with Crippen LogP contribution in [0.25, 0.3) is 0 Å². The molecule has 3 nitrogen and oxygen atoms in total. The second-order valence-electron chi connectivity index (χ2n) is 4.98. The highest BCUT2D eigenvalue weighted by atomic mass is 16.5. The number of rotatable bonds is 5. The van der Waals surface area contributed by atoms with Crippen molar-refractivity contribution in [3.63, 3.8) is 0 Å². The van der Waals surface area contributed by atoms with Crippen molar-refractivity contribution in [2.45, 2.75) is 31.8 Å². The van der Waals surface area contributed by atoms with Crippen molar-refractivity contribution in [1.29, 1.82) is 0 Å². The summed E-state index contributed by atoms with van der Waals surface area (Å²) in [5.41, 5.74) is 0.854. The van der Waals surface area contributed by atoms with Crippen molar-refractivity contribution in [3.05, 3.63) is 59.9 Å². The van der Waals surface area contributed by atoms with Crippen LogP contribution in [-0.2, 0) is 5.60 Å². The zero-order chi connectivity index (χ0) is 14.6. The van der Waals surface area contributed by atoms with Crippen LogP contribution in [0.1, 0.15) is 37.4 Å². The minimum absolute atomic E-state index is 0.0814. The first-order chi connectivity index (χ1) is 9.61. The molecular formula is C17H21NO2. The van der Waals surface area contributed by atoms with Crippen molar-refractivity contribution in [2.24, 2.45) is 0 Å². The highest BCUT2D eigenvalue weighted by Crippen LogP contribution is 2.39. The molecule has 0 saturated carbocycles. The number of hydrogen-bond acceptors (Lipinski definition) is 3. The lowest BCUT2D eigenvalue weighted by Crippen LogP contribution is -2.31. The van der Waals surface area contributed by atoms with Gasteiger partial charge in [-0.2, -0.15) is 0 Å². The molecule has 0 radical (unpaired) electrons. The molecule has 20 heavy (non-hydrogen) atoms. The lowest BCUT2D eigenvalue weighted by Gasteiger charge is -2.33. The van der Waals surface area contributed by atoms with Gasteiger partial charge in [0.05, 0.1) is 12.7 Å². The first-order valence-corrected chi connectivity index (χ1v) is 6.89. The fourth-order valence-electron chi connectivity index (χ4n) is 2.52. The molecule has 106 valence electrons. The van der Waals surface area contributed by atoms with E-state index in [0.717, 1.165) is 17.0 Å². The fourth-order valence-corrected chi connectivity index (χ4v) is 2.52. The van der Waals surface area contributed by atoms with Crippen molar-refractivity contribution < 1.29 is 9.84 Å². The summed E-state index contributed by atoms with van der Waals surface area (Å²) in [7, 11) is 1.64. The molecule has 0 aliphatic carbocycles. The van der Waals surface area contributed by atoms with Gasteiger partial charge in [0.25, 0.3) is 0 Å². The van der Waals surface area contributed by atoms with Gasteiger partial charge in [-0.05, 0) is 36.2 Å². The van der Waals surface area contributed by atoms with Gasteiger partial charge in [-0.3, -0.25) is 4.98 Å². The van der Waals surface area contributed by atoms with Crippen LogP contribution in [-0.4, -0.2) is 17.2 Å². The second kappa shape index (κ2) is 6.06. The average molecular weight is 271 g/mol. The standard InChI is InChI=1S/C17H21NO2/c1-4-17(19,13(2)16-7-5-6-12-18-16)14-8-10-15(20-3)11-9-14/h5-13,19H,4H2,1-3H3/t13-,17-/m0/s1. The number of methoxy groups -OCH3 is 1. The largest absolute Gasteiger partial charge is 0.497 e. The van der Waals surface area contributed by atoms with E-state index in [0.29, 0.717) is 6.42 Å². The van der Waals surface area contributed by atoms with E-state index in [4.69, 9.17) is 4.74 Å². The summed E-state index contributed by atoms with van der Waals surface area (Å²) < 4.78 is 5.17.